The SMILES string of the molecule is COc1ccc([C@@H]2CC(=O)C3=C(C2)Nc2ccccc2N(C(=O)CCC(=O)O)[C@@H]3c2ccc(F)cc2)cc1. The van der Waals surface area contributed by atoms with E-state index in [2.05, 4.69) is 5.32 Å². The highest BCUT2D eigenvalue weighted by Crippen LogP contribution is 2.47. The zero-order valence-corrected chi connectivity index (χ0v) is 20.8. The first kappa shape index (κ1) is 25.2. The molecule has 8 heteroatoms. The number of fused-ring (bicyclic) bond motifs is 1. The molecule has 3 aromatic rings. The van der Waals surface area contributed by atoms with Crippen LogP contribution in [-0.4, -0.2) is 29.9 Å². The maximum Gasteiger partial charge on any atom is 0.303 e. The van der Waals surface area contributed by atoms with E-state index in [9.17, 15) is 23.9 Å². The lowest BCUT2D eigenvalue weighted by Gasteiger charge is -2.35. The molecule has 1 aliphatic heterocycles. The number of carbonyl (C=O) groups is 3. The zero-order chi connectivity index (χ0) is 26.8. The fourth-order valence-corrected chi connectivity index (χ4v) is 5.27. The van der Waals surface area contributed by atoms with Crippen LogP contribution in [0.3, 0.4) is 0 Å². The van der Waals surface area contributed by atoms with Gasteiger partial charge in [-0.3, -0.25) is 19.3 Å². The van der Waals surface area contributed by atoms with E-state index in [1.54, 1.807) is 31.4 Å². The minimum Gasteiger partial charge on any atom is -0.497 e. The van der Waals surface area contributed by atoms with E-state index >= 15 is 0 Å². The summed E-state index contributed by atoms with van der Waals surface area (Å²) < 4.78 is 19.2. The minimum atomic E-state index is -1.09. The molecule has 2 atom stereocenters. The molecule has 0 fully saturated rings. The van der Waals surface area contributed by atoms with Gasteiger partial charge in [0.2, 0.25) is 5.91 Å². The number of carboxylic acids is 1. The number of halogens is 1. The van der Waals surface area contributed by atoms with E-state index in [4.69, 9.17) is 4.74 Å². The Balaban J connectivity index is 1.65. The first-order valence-electron chi connectivity index (χ1n) is 12.4. The van der Waals surface area contributed by atoms with Crippen molar-refractivity contribution in [3.63, 3.8) is 0 Å². The predicted molar refractivity (Wildman–Crippen MR) is 141 cm³/mol. The molecule has 2 N–H and O–H groups in total. The highest BCUT2D eigenvalue weighted by atomic mass is 19.1. The zero-order valence-electron chi connectivity index (χ0n) is 20.8. The molecule has 38 heavy (non-hydrogen) atoms. The molecule has 2 aliphatic rings. The quantitative estimate of drug-likeness (QED) is 0.445. The summed E-state index contributed by atoms with van der Waals surface area (Å²) in [6, 6.07) is 19.7. The number of hydrogen-bond acceptors (Lipinski definition) is 5. The second-order valence-corrected chi connectivity index (χ2v) is 9.45. The Morgan fingerprint density at radius 1 is 0.974 bits per heavy atom. The van der Waals surface area contributed by atoms with E-state index < -0.39 is 23.7 Å². The van der Waals surface area contributed by atoms with Crippen molar-refractivity contribution in [2.75, 3.05) is 17.3 Å². The fourth-order valence-electron chi connectivity index (χ4n) is 5.27. The number of carboxylic acid groups (broad SMARTS) is 1. The van der Waals surface area contributed by atoms with Gasteiger partial charge in [-0.2, -0.15) is 0 Å². The molecule has 0 bridgehead atoms. The number of anilines is 2. The van der Waals surface area contributed by atoms with E-state index in [-0.39, 0.29) is 31.0 Å². The number of amides is 1. The second-order valence-electron chi connectivity index (χ2n) is 9.45. The molecule has 3 aromatic carbocycles. The van der Waals surface area contributed by atoms with Crippen molar-refractivity contribution in [3.05, 3.63) is 101 Å². The van der Waals surface area contributed by atoms with Crippen molar-refractivity contribution in [1.29, 1.82) is 0 Å². The molecule has 0 spiro atoms. The van der Waals surface area contributed by atoms with Crippen molar-refractivity contribution in [2.24, 2.45) is 0 Å². The summed E-state index contributed by atoms with van der Waals surface area (Å²) in [6.07, 6.45) is 0.168. The molecule has 194 valence electrons. The van der Waals surface area contributed by atoms with Gasteiger partial charge >= 0.3 is 5.97 Å². The molecular weight excluding hydrogens is 487 g/mol. The Bertz CT molecular complexity index is 1420. The van der Waals surface area contributed by atoms with Crippen molar-refractivity contribution in [1.82, 2.24) is 0 Å². The number of ketones is 1. The molecule has 0 aromatic heterocycles. The van der Waals surface area contributed by atoms with Crippen molar-refractivity contribution in [3.8, 4) is 5.75 Å². The molecule has 0 unspecified atom stereocenters. The summed E-state index contributed by atoms with van der Waals surface area (Å²) in [7, 11) is 1.60. The van der Waals surface area contributed by atoms with Crippen LogP contribution in [0.1, 0.15) is 48.8 Å². The van der Waals surface area contributed by atoms with Gasteiger partial charge in [0.25, 0.3) is 0 Å². The Kier molecular flexibility index (Phi) is 6.96. The first-order chi connectivity index (χ1) is 18.4. The third kappa shape index (κ3) is 4.89. The normalized spacial score (nSPS) is 18.7. The van der Waals surface area contributed by atoms with E-state index in [0.29, 0.717) is 34.6 Å². The predicted octanol–water partition coefficient (Wildman–Crippen LogP) is 5.60. The Morgan fingerprint density at radius 3 is 2.34 bits per heavy atom. The van der Waals surface area contributed by atoms with Crippen LogP contribution in [0, 0.1) is 5.82 Å². The van der Waals surface area contributed by atoms with Gasteiger partial charge in [-0.1, -0.05) is 36.4 Å². The number of aliphatic carboxylic acids is 1. The summed E-state index contributed by atoms with van der Waals surface area (Å²) in [4.78, 5) is 40.3. The van der Waals surface area contributed by atoms with Gasteiger partial charge in [0.05, 0.1) is 30.9 Å². The monoisotopic (exact) mass is 514 g/mol. The highest BCUT2D eigenvalue weighted by Gasteiger charge is 2.41. The van der Waals surface area contributed by atoms with Crippen LogP contribution in [0.2, 0.25) is 0 Å². The number of rotatable bonds is 6. The topological polar surface area (TPSA) is 95.9 Å². The van der Waals surface area contributed by atoms with Crippen LogP contribution in [0.5, 0.6) is 5.75 Å². The number of benzene rings is 3. The molecule has 7 nitrogen and oxygen atoms in total. The second kappa shape index (κ2) is 10.5. The van der Waals surface area contributed by atoms with E-state index in [1.165, 1.54) is 17.0 Å². The summed E-state index contributed by atoms with van der Waals surface area (Å²) in [6.45, 7) is 0. The van der Waals surface area contributed by atoms with Gasteiger partial charge < -0.3 is 15.2 Å². The van der Waals surface area contributed by atoms with Crippen LogP contribution in [0.4, 0.5) is 15.8 Å². The maximum atomic E-state index is 13.9. The summed E-state index contributed by atoms with van der Waals surface area (Å²) in [5.41, 5.74) is 3.85. The van der Waals surface area contributed by atoms with E-state index in [0.717, 1.165) is 11.3 Å². The number of para-hydroxylation sites is 2. The number of allylic oxidation sites excluding steroid dienone is 1. The number of nitrogens with one attached hydrogen (secondary N) is 1. The van der Waals surface area contributed by atoms with Gasteiger partial charge in [-0.05, 0) is 59.9 Å². The average Bonchev–Trinajstić information content (AvgIpc) is 3.07. The molecule has 1 aliphatic carbocycles. The summed E-state index contributed by atoms with van der Waals surface area (Å²) >= 11 is 0. The number of ether oxygens (including phenoxy) is 1. The molecule has 0 radical (unpaired) electrons. The first-order valence-corrected chi connectivity index (χ1v) is 12.4. The molecule has 0 saturated heterocycles. The number of carbonyl (C=O) groups excluding carboxylic acids is 2. The third-order valence-corrected chi connectivity index (χ3v) is 7.08. The number of nitrogens with zero attached hydrogens (tertiary/aromatic N) is 1. The van der Waals surface area contributed by atoms with Gasteiger partial charge in [0, 0.05) is 24.1 Å². The van der Waals surface area contributed by atoms with Gasteiger partial charge in [-0.25, -0.2) is 4.39 Å². The molecular formula is C30H27FN2O5. The van der Waals surface area contributed by atoms with Crippen molar-refractivity contribution >= 4 is 29.0 Å². The van der Waals surface area contributed by atoms with Crippen LogP contribution in [-0.2, 0) is 14.4 Å². The maximum absolute atomic E-state index is 13.9. The lowest BCUT2D eigenvalue weighted by Crippen LogP contribution is -2.38. The summed E-state index contributed by atoms with van der Waals surface area (Å²) in [5.74, 6) is -1.45. The van der Waals surface area contributed by atoms with Crippen LogP contribution >= 0.6 is 0 Å². The largest absolute Gasteiger partial charge is 0.497 e. The average molecular weight is 515 g/mol. The molecule has 1 amide bonds. The number of hydrogen-bond donors (Lipinski definition) is 2. The molecule has 5 rings (SSSR count). The number of Topliss-reactive ketones (excluding diaryl/α,β-unsaturated/α-hetero) is 1. The van der Waals surface area contributed by atoms with Gasteiger partial charge in [0.1, 0.15) is 11.6 Å². The third-order valence-electron chi connectivity index (χ3n) is 7.08. The molecule has 0 saturated carbocycles. The standard InChI is InChI=1S/C30H27FN2O5/c1-38-22-12-8-18(9-13-22)20-16-24-29(26(34)17-20)30(19-6-10-21(31)11-7-19)33(27(35)14-15-28(36)37)25-5-3-2-4-23(25)32-24/h2-13,20,30,32H,14-17H2,1H3,(H,36,37)/t20-,30+/m0/s1. The number of methoxy groups -OCH3 is 1. The fraction of sp³-hybridized carbons (Fsp3) is 0.233. The Labute approximate surface area is 219 Å². The highest BCUT2D eigenvalue weighted by molar-refractivity contribution is 6.06. The summed E-state index contributed by atoms with van der Waals surface area (Å²) in [5, 5.41) is 12.7. The molecule has 1 heterocycles. The Morgan fingerprint density at radius 2 is 1.66 bits per heavy atom. The van der Waals surface area contributed by atoms with Crippen LogP contribution in [0.25, 0.3) is 0 Å². The minimum absolute atomic E-state index is 0.0880. The van der Waals surface area contributed by atoms with Crippen LogP contribution < -0.4 is 15.0 Å². The lowest BCUT2D eigenvalue weighted by atomic mass is 9.78. The van der Waals surface area contributed by atoms with Crippen LogP contribution in [0.15, 0.2) is 84.1 Å². The van der Waals surface area contributed by atoms with Gasteiger partial charge in [-0.15, -0.1) is 0 Å². The van der Waals surface area contributed by atoms with Crippen molar-refractivity contribution in [2.45, 2.75) is 37.6 Å². The van der Waals surface area contributed by atoms with E-state index in [1.807, 2.05) is 36.4 Å². The van der Waals surface area contributed by atoms with Gasteiger partial charge in [0.15, 0.2) is 5.78 Å². The van der Waals surface area contributed by atoms with Crippen molar-refractivity contribution < 1.29 is 28.6 Å². The lowest BCUT2D eigenvalue weighted by molar-refractivity contribution is -0.138. The smallest absolute Gasteiger partial charge is 0.303 e. The Hall–Kier alpha value is -4.46.